The molecule has 1 N–H and O–H groups in total. The van der Waals surface area contributed by atoms with E-state index in [-0.39, 0.29) is 0 Å². The van der Waals surface area contributed by atoms with Gasteiger partial charge in [0.15, 0.2) is 0 Å². The van der Waals surface area contributed by atoms with Crippen molar-refractivity contribution >= 4 is 32.8 Å². The lowest BCUT2D eigenvalue weighted by Gasteiger charge is -1.96. The highest BCUT2D eigenvalue weighted by molar-refractivity contribution is 6.07. The van der Waals surface area contributed by atoms with Gasteiger partial charge in [-0.05, 0) is 24.3 Å². The van der Waals surface area contributed by atoms with Crippen molar-refractivity contribution in [2.75, 3.05) is 0 Å². The maximum absolute atomic E-state index is 4.70. The molecular weight excluding hydrogens is 208 g/mol. The van der Waals surface area contributed by atoms with Gasteiger partial charge in [0.2, 0.25) is 0 Å². The number of nitrogens with zero attached hydrogens (tertiary/aromatic N) is 1. The normalized spacial score (nSPS) is 11.5. The summed E-state index contributed by atoms with van der Waals surface area (Å²) in [5.74, 6) is 0. The number of pyridine rings is 1. The quantitative estimate of drug-likeness (QED) is 0.478. The number of aromatic amines is 1. The summed E-state index contributed by atoms with van der Waals surface area (Å²) in [6.45, 7) is 0. The molecule has 0 amide bonds. The molecular formula is C15H9N2. The van der Waals surface area contributed by atoms with E-state index in [1.54, 1.807) is 0 Å². The average molecular weight is 217 g/mol. The van der Waals surface area contributed by atoms with Crippen LogP contribution in [0.2, 0.25) is 0 Å². The molecule has 4 aromatic rings. The largest absolute Gasteiger partial charge is 0.353 e. The van der Waals surface area contributed by atoms with E-state index in [9.17, 15) is 0 Å². The van der Waals surface area contributed by atoms with Crippen LogP contribution in [0.5, 0.6) is 0 Å². The summed E-state index contributed by atoms with van der Waals surface area (Å²) < 4.78 is 0. The van der Waals surface area contributed by atoms with Crippen LogP contribution in [0.3, 0.4) is 0 Å². The van der Waals surface area contributed by atoms with Gasteiger partial charge in [-0.15, -0.1) is 0 Å². The van der Waals surface area contributed by atoms with Crippen LogP contribution in [0, 0.1) is 6.07 Å². The molecule has 0 unspecified atom stereocenters. The molecule has 0 atom stereocenters. The molecule has 2 nitrogen and oxygen atoms in total. The summed E-state index contributed by atoms with van der Waals surface area (Å²) >= 11 is 0. The molecule has 0 fully saturated rings. The van der Waals surface area contributed by atoms with Gasteiger partial charge in [0.25, 0.3) is 0 Å². The fraction of sp³-hybridized carbons (Fsp3) is 0. The molecule has 1 radical (unpaired) electrons. The predicted octanol–water partition coefficient (Wildman–Crippen LogP) is 3.67. The monoisotopic (exact) mass is 217 g/mol. The summed E-state index contributed by atoms with van der Waals surface area (Å²) in [6, 6.07) is 19.5. The molecule has 0 aliphatic rings. The van der Waals surface area contributed by atoms with E-state index in [0.29, 0.717) is 0 Å². The summed E-state index contributed by atoms with van der Waals surface area (Å²) in [7, 11) is 0. The molecule has 0 spiro atoms. The van der Waals surface area contributed by atoms with E-state index < -0.39 is 0 Å². The fourth-order valence-electron chi connectivity index (χ4n) is 2.29. The number of benzene rings is 2. The number of nitrogens with one attached hydrogen (secondary N) is 1. The topological polar surface area (TPSA) is 28.7 Å². The average Bonchev–Trinajstić information content (AvgIpc) is 2.73. The third-order valence-corrected chi connectivity index (χ3v) is 3.09. The minimum Gasteiger partial charge on any atom is -0.353 e. The SMILES string of the molecule is [c]1cccc2nc3c(cc12)[nH]c1ccccc13. The Hall–Kier alpha value is -2.35. The van der Waals surface area contributed by atoms with Gasteiger partial charge in [-0.1, -0.05) is 30.3 Å². The Bertz CT molecular complexity index is 837. The number of aromatic nitrogens is 2. The van der Waals surface area contributed by atoms with Crippen LogP contribution in [-0.4, -0.2) is 9.97 Å². The standard InChI is InChI=1S/C15H9N2/c1-3-7-12-10(5-1)9-14-15(17-12)11-6-2-4-8-13(11)16-14/h1-4,6-9,16H. The van der Waals surface area contributed by atoms with Crippen molar-refractivity contribution in [3.05, 3.63) is 54.6 Å². The zero-order chi connectivity index (χ0) is 11.2. The van der Waals surface area contributed by atoms with Crippen molar-refractivity contribution in [2.45, 2.75) is 0 Å². The zero-order valence-corrected chi connectivity index (χ0v) is 9.07. The summed E-state index contributed by atoms with van der Waals surface area (Å²) in [4.78, 5) is 8.09. The highest BCUT2D eigenvalue weighted by Gasteiger charge is 2.05. The lowest BCUT2D eigenvalue weighted by molar-refractivity contribution is 1.49. The van der Waals surface area contributed by atoms with Gasteiger partial charge >= 0.3 is 0 Å². The molecule has 0 bridgehead atoms. The molecule has 0 saturated heterocycles. The summed E-state index contributed by atoms with van der Waals surface area (Å²) in [6.07, 6.45) is 0. The Labute approximate surface area is 97.9 Å². The molecule has 0 saturated carbocycles. The van der Waals surface area contributed by atoms with Crippen molar-refractivity contribution in [3.63, 3.8) is 0 Å². The molecule has 2 aromatic carbocycles. The van der Waals surface area contributed by atoms with E-state index in [0.717, 1.165) is 27.5 Å². The fourth-order valence-corrected chi connectivity index (χ4v) is 2.29. The van der Waals surface area contributed by atoms with E-state index >= 15 is 0 Å². The first kappa shape index (κ1) is 8.76. The molecule has 2 heterocycles. The molecule has 4 rings (SSSR count). The zero-order valence-electron chi connectivity index (χ0n) is 9.07. The van der Waals surface area contributed by atoms with Crippen molar-refractivity contribution in [1.82, 2.24) is 9.97 Å². The smallest absolute Gasteiger partial charge is 0.0965 e. The minimum atomic E-state index is 0.991. The second-order valence-electron chi connectivity index (χ2n) is 4.16. The van der Waals surface area contributed by atoms with Crippen LogP contribution in [-0.2, 0) is 0 Å². The predicted molar refractivity (Wildman–Crippen MR) is 69.9 cm³/mol. The third kappa shape index (κ3) is 1.18. The lowest BCUT2D eigenvalue weighted by atomic mass is 10.2. The molecule has 0 aliphatic carbocycles. The van der Waals surface area contributed by atoms with Crippen LogP contribution in [0.15, 0.2) is 48.5 Å². The third-order valence-electron chi connectivity index (χ3n) is 3.09. The van der Waals surface area contributed by atoms with E-state index in [1.165, 1.54) is 5.39 Å². The molecule has 2 aromatic heterocycles. The molecule has 79 valence electrons. The van der Waals surface area contributed by atoms with Crippen LogP contribution < -0.4 is 0 Å². The van der Waals surface area contributed by atoms with Gasteiger partial charge in [-0.25, -0.2) is 4.98 Å². The van der Waals surface area contributed by atoms with E-state index in [4.69, 9.17) is 4.98 Å². The first-order valence-corrected chi connectivity index (χ1v) is 5.60. The van der Waals surface area contributed by atoms with Gasteiger partial charge in [0.1, 0.15) is 0 Å². The lowest BCUT2D eigenvalue weighted by Crippen LogP contribution is -1.79. The molecule has 0 aliphatic heterocycles. The molecule has 2 heteroatoms. The Morgan fingerprint density at radius 2 is 1.94 bits per heavy atom. The van der Waals surface area contributed by atoms with Gasteiger partial charge in [-0.2, -0.15) is 0 Å². The van der Waals surface area contributed by atoms with E-state index in [1.807, 2.05) is 30.3 Å². The number of H-pyrrole nitrogens is 1. The Balaban J connectivity index is 2.28. The first-order chi connectivity index (χ1) is 8.42. The highest BCUT2D eigenvalue weighted by atomic mass is 14.8. The Morgan fingerprint density at radius 3 is 2.94 bits per heavy atom. The van der Waals surface area contributed by atoms with Gasteiger partial charge < -0.3 is 4.98 Å². The maximum Gasteiger partial charge on any atom is 0.0965 e. The van der Waals surface area contributed by atoms with Crippen molar-refractivity contribution < 1.29 is 0 Å². The van der Waals surface area contributed by atoms with E-state index in [2.05, 4.69) is 29.2 Å². The summed E-state index contributed by atoms with van der Waals surface area (Å²) in [5, 5.41) is 2.22. The number of fused-ring (bicyclic) bond motifs is 4. The first-order valence-electron chi connectivity index (χ1n) is 5.60. The number of hydrogen-bond acceptors (Lipinski definition) is 1. The Morgan fingerprint density at radius 1 is 1.00 bits per heavy atom. The van der Waals surface area contributed by atoms with Crippen LogP contribution in [0.25, 0.3) is 32.8 Å². The van der Waals surface area contributed by atoms with Gasteiger partial charge in [-0.3, -0.25) is 0 Å². The highest BCUT2D eigenvalue weighted by Crippen LogP contribution is 2.26. The number of para-hydroxylation sites is 1. The Kier molecular flexibility index (Phi) is 1.59. The van der Waals surface area contributed by atoms with Gasteiger partial charge in [0, 0.05) is 16.3 Å². The van der Waals surface area contributed by atoms with Crippen LogP contribution in [0.1, 0.15) is 0 Å². The molecule has 17 heavy (non-hydrogen) atoms. The minimum absolute atomic E-state index is 0.991. The van der Waals surface area contributed by atoms with Crippen molar-refractivity contribution in [2.24, 2.45) is 0 Å². The number of rotatable bonds is 0. The van der Waals surface area contributed by atoms with Crippen LogP contribution in [0.4, 0.5) is 0 Å². The second-order valence-corrected chi connectivity index (χ2v) is 4.16. The second kappa shape index (κ2) is 3.08. The van der Waals surface area contributed by atoms with Gasteiger partial charge in [0.05, 0.1) is 16.6 Å². The van der Waals surface area contributed by atoms with Crippen LogP contribution >= 0.6 is 0 Å². The maximum atomic E-state index is 4.70. The summed E-state index contributed by atoms with van der Waals surface area (Å²) in [5.41, 5.74) is 4.23. The van der Waals surface area contributed by atoms with Crippen molar-refractivity contribution in [1.29, 1.82) is 0 Å². The van der Waals surface area contributed by atoms with Crippen molar-refractivity contribution in [3.8, 4) is 0 Å². The number of hydrogen-bond donors (Lipinski definition) is 1.